The molecule has 0 unspecified atom stereocenters. The summed E-state index contributed by atoms with van der Waals surface area (Å²) < 4.78 is 17.1. The Morgan fingerprint density at radius 2 is 0.406 bits per heavy atom. The Labute approximate surface area is 781 Å². The van der Waals surface area contributed by atoms with E-state index in [2.05, 4.69) is 473 Å². The zero-order chi connectivity index (χ0) is 86.1. The fourth-order valence-electron chi connectivity index (χ4n) is 17.9. The Bertz CT molecular complexity index is 8380. The van der Waals surface area contributed by atoms with E-state index in [1.807, 2.05) is 84.9 Å². The van der Waals surface area contributed by atoms with Crippen molar-refractivity contribution in [3.8, 4) is 73.7 Å². The SMILES string of the molecule is Brc1cccc2c1c1ccccc1n2-c1ccc(-c2ccccc2)cc1.Brc1cccc2c1c1ccccc1n2-c1ccc2ccccc2c1.Brc1cccc2c1c1ccccc1n2-c1cccc(-c2ccccc2)c1.Brc1cccc2c1c1ccccc1n2-c1ccccc1.Brc1cccc2c1c1ccccc1n2-c1nc(-c2ccccc2)nc(-c2ccccc2)n1. The summed E-state index contributed by atoms with van der Waals surface area (Å²) in [6, 6.07) is 159. The molecule has 25 rings (SSSR count). The van der Waals surface area contributed by atoms with E-state index < -0.39 is 0 Å². The van der Waals surface area contributed by atoms with E-state index in [0.717, 1.165) is 55.3 Å². The van der Waals surface area contributed by atoms with Gasteiger partial charge in [-0.15, -0.1) is 0 Å². The van der Waals surface area contributed by atoms with Crippen molar-refractivity contribution in [1.82, 2.24) is 37.8 Å². The molecule has 19 aromatic carbocycles. The summed E-state index contributed by atoms with van der Waals surface area (Å²) in [6.45, 7) is 0. The van der Waals surface area contributed by atoms with Crippen LogP contribution in [0.1, 0.15) is 0 Å². The molecule has 6 heterocycles. The second kappa shape index (κ2) is 35.7. The average Bonchev–Trinajstić information content (AvgIpc) is 1.61. The molecule has 13 heteroatoms. The van der Waals surface area contributed by atoms with Gasteiger partial charge in [-0.3, -0.25) is 4.57 Å². The Morgan fingerprint density at radius 1 is 0.156 bits per heavy atom. The molecule has 0 aliphatic carbocycles. The molecule has 0 aliphatic rings. The predicted octanol–water partition coefficient (Wildman–Crippen LogP) is 33.7. The standard InChI is InChI=1S/C27H17BrN4.2C24H16BrN.C22H14BrN.C18H12BrN/c28-21-15-9-17-23-24(21)20-14-7-8-16-22(20)32(23)27-30-25(18-10-3-1-4-11-18)29-26(31-27)19-12-5-2-6-13-19;25-21-13-7-15-23-24(21)20-12-4-5-14-22(20)26(23)19-11-6-10-18(16-19)17-8-2-1-3-9-17;25-21-10-6-12-23-24(21)20-9-4-5-11-22(20)26(23)19-15-13-18(14-16-19)17-7-2-1-3-8-17;23-19-9-5-11-21-22(19)18-8-3-4-10-20(18)24(21)17-13-12-15-6-1-2-7-16(15)14-17;19-15-10-6-12-17-18(15)14-9-4-5-11-16(14)20(17)13-7-2-1-3-8-13/h1-17H;2*1-16H;1-14H;1-12H. The Balaban J connectivity index is 0.0000000979. The molecule has 6 aromatic heterocycles. The lowest BCUT2D eigenvalue weighted by molar-refractivity contribution is 0.953. The van der Waals surface area contributed by atoms with Crippen LogP contribution in [0.3, 0.4) is 0 Å². The molecule has 610 valence electrons. The minimum Gasteiger partial charge on any atom is -0.309 e. The van der Waals surface area contributed by atoms with Crippen molar-refractivity contribution in [2.75, 3.05) is 0 Å². The number of hydrogen-bond donors (Lipinski definition) is 0. The van der Waals surface area contributed by atoms with Gasteiger partial charge in [0.1, 0.15) is 0 Å². The van der Waals surface area contributed by atoms with E-state index in [4.69, 9.17) is 15.0 Å². The summed E-state index contributed by atoms with van der Waals surface area (Å²) in [7, 11) is 0. The molecule has 25 aromatic rings. The van der Waals surface area contributed by atoms with Crippen LogP contribution >= 0.6 is 79.6 Å². The highest BCUT2D eigenvalue weighted by atomic mass is 79.9. The molecule has 0 aliphatic heterocycles. The van der Waals surface area contributed by atoms with Crippen LogP contribution in [0, 0.1) is 0 Å². The molecule has 0 bridgehead atoms. The van der Waals surface area contributed by atoms with Crippen LogP contribution in [0.4, 0.5) is 0 Å². The monoisotopic (exact) mass is 1960 g/mol. The quantitative estimate of drug-likeness (QED) is 0.145. The molecular formula is C115H75Br5N8. The van der Waals surface area contributed by atoms with E-state index in [9.17, 15) is 0 Å². The maximum Gasteiger partial charge on any atom is 0.238 e. The Kier molecular flexibility index (Phi) is 22.6. The van der Waals surface area contributed by atoms with E-state index in [-0.39, 0.29) is 0 Å². The van der Waals surface area contributed by atoms with Gasteiger partial charge in [0.15, 0.2) is 11.6 Å². The molecule has 0 radical (unpaired) electrons. The lowest BCUT2D eigenvalue weighted by atomic mass is 10.1. The zero-order valence-corrected chi connectivity index (χ0v) is 76.7. The van der Waals surface area contributed by atoms with Crippen LogP contribution in [-0.4, -0.2) is 37.8 Å². The lowest BCUT2D eigenvalue weighted by Crippen LogP contribution is -2.06. The summed E-state index contributed by atoms with van der Waals surface area (Å²) in [5.41, 5.74) is 23.5. The van der Waals surface area contributed by atoms with E-state index in [0.29, 0.717) is 17.6 Å². The third-order valence-corrected chi connectivity index (χ3v) is 26.9. The molecule has 0 atom stereocenters. The van der Waals surface area contributed by atoms with Gasteiger partial charge in [-0.2, -0.15) is 9.97 Å². The summed E-state index contributed by atoms with van der Waals surface area (Å²) in [5, 5.41) is 15.0. The Morgan fingerprint density at radius 3 is 0.797 bits per heavy atom. The van der Waals surface area contributed by atoms with Crippen molar-refractivity contribution in [1.29, 1.82) is 0 Å². The number of fused-ring (bicyclic) bond motifs is 16. The molecule has 128 heavy (non-hydrogen) atoms. The second-order valence-electron chi connectivity index (χ2n) is 31.1. The molecule has 0 saturated carbocycles. The van der Waals surface area contributed by atoms with Gasteiger partial charge in [0.2, 0.25) is 5.95 Å². The highest BCUT2D eigenvalue weighted by Gasteiger charge is 2.23. The predicted molar refractivity (Wildman–Crippen MR) is 555 cm³/mol. The zero-order valence-electron chi connectivity index (χ0n) is 68.8. The first-order valence-corrected chi connectivity index (χ1v) is 46.2. The van der Waals surface area contributed by atoms with E-state index in [1.165, 1.54) is 143 Å². The third kappa shape index (κ3) is 15.4. The molecule has 8 nitrogen and oxygen atoms in total. The topological polar surface area (TPSA) is 63.3 Å². The fourth-order valence-corrected chi connectivity index (χ4v) is 20.7. The number of hydrogen-bond acceptors (Lipinski definition) is 3. The maximum absolute atomic E-state index is 4.93. The molecular weight excluding hydrogens is 1890 g/mol. The lowest BCUT2D eigenvalue weighted by Gasteiger charge is -2.10. The van der Waals surface area contributed by atoms with Crippen molar-refractivity contribution < 1.29 is 0 Å². The van der Waals surface area contributed by atoms with Crippen LogP contribution in [0.25, 0.3) is 194 Å². The largest absolute Gasteiger partial charge is 0.309 e. The highest BCUT2D eigenvalue weighted by molar-refractivity contribution is 9.11. The van der Waals surface area contributed by atoms with Crippen molar-refractivity contribution >= 4 is 199 Å². The van der Waals surface area contributed by atoms with Gasteiger partial charge < -0.3 is 18.3 Å². The average molecular weight is 1970 g/mol. The molecule has 0 spiro atoms. The van der Waals surface area contributed by atoms with E-state index in [1.54, 1.807) is 0 Å². The summed E-state index contributed by atoms with van der Waals surface area (Å²) in [4.78, 5) is 14.7. The van der Waals surface area contributed by atoms with E-state index >= 15 is 0 Å². The van der Waals surface area contributed by atoms with Crippen molar-refractivity contribution in [3.63, 3.8) is 0 Å². The first kappa shape index (κ1) is 80.9. The number of benzene rings is 19. The molecule has 0 N–H and O–H groups in total. The molecule has 0 fully saturated rings. The molecule has 0 amide bonds. The smallest absolute Gasteiger partial charge is 0.238 e. The summed E-state index contributed by atoms with van der Waals surface area (Å²) >= 11 is 18.6. The normalized spacial score (nSPS) is 11.3. The number of para-hydroxylation sites is 6. The minimum atomic E-state index is 0.599. The Hall–Kier alpha value is -14.2. The van der Waals surface area contributed by atoms with Gasteiger partial charge >= 0.3 is 0 Å². The van der Waals surface area contributed by atoms with Gasteiger partial charge in [0.25, 0.3) is 0 Å². The van der Waals surface area contributed by atoms with Crippen LogP contribution in [0.5, 0.6) is 0 Å². The molecule has 0 saturated heterocycles. The number of halogens is 5. The van der Waals surface area contributed by atoms with Gasteiger partial charge in [-0.25, -0.2) is 4.98 Å². The van der Waals surface area contributed by atoms with Crippen molar-refractivity contribution in [2.45, 2.75) is 0 Å². The first-order chi connectivity index (χ1) is 63.1. The van der Waals surface area contributed by atoms with Crippen molar-refractivity contribution in [3.05, 3.63) is 477 Å². The minimum absolute atomic E-state index is 0.599. The maximum atomic E-state index is 4.93. The van der Waals surface area contributed by atoms with Crippen LogP contribution < -0.4 is 0 Å². The third-order valence-electron chi connectivity index (χ3n) is 23.6. The summed E-state index contributed by atoms with van der Waals surface area (Å²) in [5.74, 6) is 1.90. The number of nitrogens with zero attached hydrogens (tertiary/aromatic N) is 8. The van der Waals surface area contributed by atoms with Crippen LogP contribution in [-0.2, 0) is 0 Å². The van der Waals surface area contributed by atoms with Crippen molar-refractivity contribution in [2.24, 2.45) is 0 Å². The first-order valence-electron chi connectivity index (χ1n) is 42.3. The van der Waals surface area contributed by atoms with Gasteiger partial charge in [-0.05, 0) is 173 Å². The number of rotatable bonds is 9. The van der Waals surface area contributed by atoms with Gasteiger partial charge in [0.05, 0.1) is 55.2 Å². The fraction of sp³-hybridized carbons (Fsp3) is 0. The number of aromatic nitrogens is 8. The van der Waals surface area contributed by atoms with Gasteiger partial charge in [-0.1, -0.05) is 395 Å². The summed E-state index contributed by atoms with van der Waals surface area (Å²) in [6.07, 6.45) is 0. The van der Waals surface area contributed by atoms with Crippen LogP contribution in [0.15, 0.2) is 477 Å². The van der Waals surface area contributed by atoms with Crippen LogP contribution in [0.2, 0.25) is 0 Å². The van der Waals surface area contributed by atoms with Gasteiger partial charge in [0, 0.05) is 110 Å². The highest BCUT2D eigenvalue weighted by Crippen LogP contribution is 2.44. The second-order valence-corrected chi connectivity index (χ2v) is 35.4.